The molecule has 6 heteroatoms. The van der Waals surface area contributed by atoms with E-state index in [-0.39, 0.29) is 29.6 Å². The van der Waals surface area contributed by atoms with Crippen molar-refractivity contribution in [2.75, 3.05) is 28.2 Å². The van der Waals surface area contributed by atoms with Crippen molar-refractivity contribution in [1.82, 2.24) is 0 Å². The largest absolute Gasteiger partial charge is 0.371 e. The molecule has 1 aliphatic carbocycles. The number of piperidine rings is 1. The lowest BCUT2D eigenvalue weighted by Crippen LogP contribution is -2.33. The molecule has 0 spiro atoms. The number of nitrogens with one attached hydrogen (secondary N) is 1. The second-order valence-corrected chi connectivity index (χ2v) is 9.58. The number of amides is 3. The van der Waals surface area contributed by atoms with E-state index in [0.29, 0.717) is 11.3 Å². The van der Waals surface area contributed by atoms with E-state index in [9.17, 15) is 14.4 Å². The molecule has 0 bridgehead atoms. The maximum absolute atomic E-state index is 13.4. The Balaban J connectivity index is 1.50. The molecular formula is C27H31N3O3. The summed E-state index contributed by atoms with van der Waals surface area (Å²) in [5, 5.41) is 3.00. The number of hydrogen-bond donors (Lipinski definition) is 1. The zero-order valence-corrected chi connectivity index (χ0v) is 19.2. The van der Waals surface area contributed by atoms with Gasteiger partial charge in [0.15, 0.2) is 0 Å². The van der Waals surface area contributed by atoms with Crippen LogP contribution in [0.1, 0.15) is 60.9 Å². The molecule has 1 saturated carbocycles. The summed E-state index contributed by atoms with van der Waals surface area (Å²) in [6.07, 6.45) is 6.91. The maximum Gasteiger partial charge on any atom is 0.257 e. The molecule has 3 amide bonds. The summed E-state index contributed by atoms with van der Waals surface area (Å²) in [5.41, 5.74) is 3.72. The lowest BCUT2D eigenvalue weighted by Gasteiger charge is -2.31. The van der Waals surface area contributed by atoms with Crippen LogP contribution in [0.3, 0.4) is 0 Å². The third kappa shape index (κ3) is 4.14. The average Bonchev–Trinajstić information content (AvgIpc) is 3.11. The molecule has 3 aliphatic rings. The minimum atomic E-state index is -0.224. The van der Waals surface area contributed by atoms with E-state index in [1.54, 1.807) is 6.07 Å². The molecule has 5 rings (SSSR count). The minimum absolute atomic E-state index is 0.111. The fourth-order valence-electron chi connectivity index (χ4n) is 5.51. The second kappa shape index (κ2) is 9.00. The van der Waals surface area contributed by atoms with Crippen molar-refractivity contribution in [2.24, 2.45) is 11.8 Å². The van der Waals surface area contributed by atoms with Gasteiger partial charge in [-0.05, 0) is 69.4 Å². The van der Waals surface area contributed by atoms with Crippen LogP contribution in [0, 0.1) is 18.8 Å². The number of benzene rings is 2. The Bertz CT molecular complexity index is 1050. The normalized spacial score (nSPS) is 22.9. The summed E-state index contributed by atoms with van der Waals surface area (Å²) in [4.78, 5) is 43.3. The van der Waals surface area contributed by atoms with Crippen molar-refractivity contribution in [3.63, 3.8) is 0 Å². The summed E-state index contributed by atoms with van der Waals surface area (Å²) < 4.78 is 0. The van der Waals surface area contributed by atoms with Crippen LogP contribution in [0.4, 0.5) is 17.1 Å². The highest BCUT2D eigenvalue weighted by molar-refractivity contribution is 6.22. The lowest BCUT2D eigenvalue weighted by molar-refractivity contribution is -0.122. The number of rotatable bonds is 4. The minimum Gasteiger partial charge on any atom is -0.371 e. The zero-order valence-electron chi connectivity index (χ0n) is 19.2. The molecule has 0 aromatic heterocycles. The third-order valence-corrected chi connectivity index (χ3v) is 7.33. The van der Waals surface area contributed by atoms with Crippen molar-refractivity contribution in [2.45, 2.75) is 51.9 Å². The molecule has 1 N–H and O–H groups in total. The Morgan fingerprint density at radius 2 is 1.48 bits per heavy atom. The van der Waals surface area contributed by atoms with Crippen molar-refractivity contribution in [3.05, 3.63) is 53.6 Å². The first kappa shape index (κ1) is 21.7. The predicted molar refractivity (Wildman–Crippen MR) is 130 cm³/mol. The highest BCUT2D eigenvalue weighted by Gasteiger charge is 2.48. The highest BCUT2D eigenvalue weighted by Crippen LogP contribution is 2.41. The van der Waals surface area contributed by atoms with Crippen molar-refractivity contribution in [1.29, 1.82) is 0 Å². The molecule has 0 radical (unpaired) electrons. The Hall–Kier alpha value is -3.15. The number of nitrogens with zero attached hydrogens (tertiary/aromatic N) is 2. The molecule has 2 saturated heterocycles. The molecular weight excluding hydrogens is 414 g/mol. The number of imide groups is 1. The molecule has 6 nitrogen and oxygen atoms in total. The molecule has 2 aromatic carbocycles. The Morgan fingerprint density at radius 3 is 2.12 bits per heavy atom. The van der Waals surface area contributed by atoms with E-state index in [4.69, 9.17) is 0 Å². The molecule has 2 atom stereocenters. The molecule has 2 aromatic rings. The number of anilines is 3. The summed E-state index contributed by atoms with van der Waals surface area (Å²) in [6, 6.07) is 13.2. The van der Waals surface area contributed by atoms with Crippen LogP contribution in [-0.2, 0) is 9.59 Å². The van der Waals surface area contributed by atoms with Crippen LogP contribution in [0.5, 0.6) is 0 Å². The van der Waals surface area contributed by atoms with Gasteiger partial charge in [-0.2, -0.15) is 0 Å². The van der Waals surface area contributed by atoms with Crippen LogP contribution in [0.15, 0.2) is 42.5 Å². The van der Waals surface area contributed by atoms with E-state index in [1.165, 1.54) is 11.3 Å². The first-order chi connectivity index (χ1) is 16.0. The van der Waals surface area contributed by atoms with Crippen LogP contribution in [0.2, 0.25) is 0 Å². The van der Waals surface area contributed by atoms with Crippen LogP contribution >= 0.6 is 0 Å². The fraction of sp³-hybridized carbons (Fsp3) is 0.444. The van der Waals surface area contributed by atoms with Crippen LogP contribution in [-0.4, -0.2) is 30.8 Å². The van der Waals surface area contributed by atoms with Crippen LogP contribution in [0.25, 0.3) is 0 Å². The maximum atomic E-state index is 13.4. The number of fused-ring (bicyclic) bond motifs is 1. The number of carbonyl (C=O) groups is 3. The monoisotopic (exact) mass is 445 g/mol. The summed E-state index contributed by atoms with van der Waals surface area (Å²) >= 11 is 0. The van der Waals surface area contributed by atoms with Gasteiger partial charge < -0.3 is 10.2 Å². The topological polar surface area (TPSA) is 69.7 Å². The van der Waals surface area contributed by atoms with Gasteiger partial charge in [-0.1, -0.05) is 30.5 Å². The number of carbonyl (C=O) groups excluding carboxylic acids is 3. The van der Waals surface area contributed by atoms with E-state index in [0.717, 1.165) is 68.6 Å². The zero-order chi connectivity index (χ0) is 22.9. The molecule has 0 unspecified atom stereocenters. The van der Waals surface area contributed by atoms with Crippen molar-refractivity contribution < 1.29 is 14.4 Å². The van der Waals surface area contributed by atoms with Crippen molar-refractivity contribution >= 4 is 34.8 Å². The second-order valence-electron chi connectivity index (χ2n) is 9.58. The quantitative estimate of drug-likeness (QED) is 0.679. The SMILES string of the molecule is Cc1ccc(NC(=O)c2cc(N3C(=O)[C@@H]4CCCC[C@H]4C3=O)ccc2N2CCCCC2)cc1. The van der Waals surface area contributed by atoms with Gasteiger partial charge in [-0.3, -0.25) is 19.3 Å². The van der Waals surface area contributed by atoms with E-state index >= 15 is 0 Å². The van der Waals surface area contributed by atoms with Gasteiger partial charge in [0.25, 0.3) is 5.91 Å². The van der Waals surface area contributed by atoms with E-state index < -0.39 is 0 Å². The van der Waals surface area contributed by atoms with Gasteiger partial charge in [0.1, 0.15) is 0 Å². The molecule has 2 aliphatic heterocycles. The Kier molecular flexibility index (Phi) is 5.92. The lowest BCUT2D eigenvalue weighted by atomic mass is 9.81. The molecule has 33 heavy (non-hydrogen) atoms. The Labute approximate surface area is 194 Å². The van der Waals surface area contributed by atoms with Gasteiger partial charge in [0.2, 0.25) is 11.8 Å². The average molecular weight is 446 g/mol. The summed E-state index contributed by atoms with van der Waals surface area (Å²) in [5.74, 6) is -0.867. The molecule has 172 valence electrons. The van der Waals surface area contributed by atoms with Gasteiger partial charge in [0.05, 0.1) is 23.1 Å². The number of aryl methyl sites for hydroxylation is 1. The van der Waals surface area contributed by atoms with E-state index in [2.05, 4.69) is 10.2 Å². The van der Waals surface area contributed by atoms with Gasteiger partial charge >= 0.3 is 0 Å². The first-order valence-electron chi connectivity index (χ1n) is 12.2. The summed E-state index contributed by atoms with van der Waals surface area (Å²) in [6.45, 7) is 3.80. The van der Waals surface area contributed by atoms with Gasteiger partial charge in [-0.15, -0.1) is 0 Å². The number of hydrogen-bond acceptors (Lipinski definition) is 4. The third-order valence-electron chi connectivity index (χ3n) is 7.33. The highest BCUT2D eigenvalue weighted by atomic mass is 16.2. The first-order valence-corrected chi connectivity index (χ1v) is 12.2. The van der Waals surface area contributed by atoms with E-state index in [1.807, 2.05) is 43.3 Å². The Morgan fingerprint density at radius 1 is 0.848 bits per heavy atom. The molecule has 2 heterocycles. The predicted octanol–water partition coefficient (Wildman–Crippen LogP) is 4.92. The van der Waals surface area contributed by atoms with Crippen molar-refractivity contribution in [3.8, 4) is 0 Å². The van der Waals surface area contributed by atoms with Crippen LogP contribution < -0.4 is 15.1 Å². The standard InChI is InChI=1S/C27H31N3O3/c1-18-9-11-19(12-10-18)28-25(31)23-17-20(13-14-24(23)29-15-5-2-6-16-29)30-26(32)21-7-3-4-8-22(21)27(30)33/h9-14,17,21-22H,2-8,15-16H2,1H3,(H,28,31)/t21-,22-/m1/s1. The van der Waals surface area contributed by atoms with Gasteiger partial charge in [-0.25, -0.2) is 0 Å². The smallest absolute Gasteiger partial charge is 0.257 e. The van der Waals surface area contributed by atoms with Gasteiger partial charge in [0, 0.05) is 24.5 Å². The fourth-order valence-corrected chi connectivity index (χ4v) is 5.51. The summed E-state index contributed by atoms with van der Waals surface area (Å²) in [7, 11) is 0. The molecule has 3 fully saturated rings.